The Bertz CT molecular complexity index is 243. The van der Waals surface area contributed by atoms with Gasteiger partial charge in [-0.1, -0.05) is 12.8 Å². The normalized spacial score (nSPS) is 43.9. The van der Waals surface area contributed by atoms with E-state index in [2.05, 4.69) is 0 Å². The molecule has 2 unspecified atom stereocenters. The summed E-state index contributed by atoms with van der Waals surface area (Å²) in [6, 6.07) is 0. The predicted molar refractivity (Wildman–Crippen MR) is 74.7 cm³/mol. The van der Waals surface area contributed by atoms with E-state index in [1.54, 1.807) is 20.8 Å². The van der Waals surface area contributed by atoms with E-state index < -0.39 is 17.0 Å². The fourth-order valence-electron chi connectivity index (χ4n) is 3.01. The molecule has 2 atom stereocenters. The van der Waals surface area contributed by atoms with Crippen LogP contribution in [-0.4, -0.2) is 17.0 Å². The number of hydrogen-bond acceptors (Lipinski definition) is 0. The summed E-state index contributed by atoms with van der Waals surface area (Å²) in [7, 11) is 0. The van der Waals surface area contributed by atoms with Crippen molar-refractivity contribution in [2.24, 2.45) is 0 Å². The first kappa shape index (κ1) is 16.8. The molecular formula is C16H29F3. The minimum atomic E-state index is -1.28. The first-order valence-corrected chi connectivity index (χ1v) is 7.69. The lowest BCUT2D eigenvalue weighted by molar-refractivity contribution is 0.114. The first-order valence-electron chi connectivity index (χ1n) is 7.69. The lowest BCUT2D eigenvalue weighted by atomic mass is 9.89. The fourth-order valence-corrected chi connectivity index (χ4v) is 3.01. The first-order chi connectivity index (χ1) is 8.62. The quantitative estimate of drug-likeness (QED) is 0.503. The van der Waals surface area contributed by atoms with Crippen LogP contribution in [0, 0.1) is 0 Å². The minimum absolute atomic E-state index is 0.384. The zero-order valence-corrected chi connectivity index (χ0v) is 12.7. The summed E-state index contributed by atoms with van der Waals surface area (Å²) in [5, 5.41) is 0. The van der Waals surface area contributed by atoms with E-state index in [-0.39, 0.29) is 0 Å². The van der Waals surface area contributed by atoms with Gasteiger partial charge in [-0.15, -0.1) is 0 Å². The molecule has 0 saturated heterocycles. The van der Waals surface area contributed by atoms with Crippen molar-refractivity contribution in [3.8, 4) is 0 Å². The topological polar surface area (TPSA) is 0 Å². The molecule has 0 aromatic rings. The van der Waals surface area contributed by atoms with Crippen LogP contribution in [-0.2, 0) is 0 Å². The summed E-state index contributed by atoms with van der Waals surface area (Å²) in [5.41, 5.74) is -3.73. The van der Waals surface area contributed by atoms with E-state index in [0.29, 0.717) is 51.4 Å². The highest BCUT2D eigenvalue weighted by Gasteiger charge is 2.30. The van der Waals surface area contributed by atoms with Gasteiger partial charge in [0, 0.05) is 0 Å². The van der Waals surface area contributed by atoms with E-state index in [1.165, 1.54) is 0 Å². The standard InChI is InChI=1S/C16H29F3/c1-14(17)8-4-5-9-15(2,18)11-7-13-16(3,19)12-6-10-14/h4-13H2,1-3H3. The second-order valence-corrected chi connectivity index (χ2v) is 7.15. The number of halogens is 3. The van der Waals surface area contributed by atoms with E-state index in [9.17, 15) is 13.2 Å². The molecule has 0 nitrogen and oxygen atoms in total. The highest BCUT2D eigenvalue weighted by Crippen LogP contribution is 2.34. The Morgan fingerprint density at radius 1 is 0.474 bits per heavy atom. The predicted octanol–water partition coefficient (Wildman–Crippen LogP) is 6.09. The van der Waals surface area contributed by atoms with E-state index in [4.69, 9.17) is 0 Å². The van der Waals surface area contributed by atoms with Crippen molar-refractivity contribution in [3.05, 3.63) is 0 Å². The zero-order chi connectivity index (χ0) is 14.6. The molecule has 1 rings (SSSR count). The van der Waals surface area contributed by atoms with Gasteiger partial charge in [0.05, 0.1) is 0 Å². The number of alkyl halides is 3. The van der Waals surface area contributed by atoms with Crippen LogP contribution in [0.25, 0.3) is 0 Å². The Hall–Kier alpha value is -0.210. The summed E-state index contributed by atoms with van der Waals surface area (Å²) in [4.78, 5) is 0. The molecule has 0 aromatic heterocycles. The van der Waals surface area contributed by atoms with E-state index in [1.807, 2.05) is 0 Å². The Morgan fingerprint density at radius 3 is 0.947 bits per heavy atom. The molecule has 0 bridgehead atoms. The number of hydrogen-bond donors (Lipinski definition) is 0. The third-order valence-electron chi connectivity index (χ3n) is 4.44. The summed E-state index contributed by atoms with van der Waals surface area (Å²) in [6.07, 6.45) is 5.13. The Balaban J connectivity index is 2.61. The average molecular weight is 278 g/mol. The Kier molecular flexibility index (Phi) is 5.76. The molecule has 1 saturated carbocycles. The summed E-state index contributed by atoms with van der Waals surface area (Å²) in [6.45, 7) is 4.76. The molecule has 0 aliphatic heterocycles. The van der Waals surface area contributed by atoms with Crippen LogP contribution in [0.4, 0.5) is 13.2 Å². The lowest BCUT2D eigenvalue weighted by Gasteiger charge is -2.24. The molecule has 19 heavy (non-hydrogen) atoms. The van der Waals surface area contributed by atoms with Gasteiger partial charge in [0.2, 0.25) is 0 Å². The van der Waals surface area contributed by atoms with Gasteiger partial charge >= 0.3 is 0 Å². The second kappa shape index (κ2) is 6.49. The molecule has 0 heterocycles. The molecule has 0 radical (unpaired) electrons. The van der Waals surface area contributed by atoms with Gasteiger partial charge in [0.15, 0.2) is 0 Å². The van der Waals surface area contributed by atoms with Crippen molar-refractivity contribution in [3.63, 3.8) is 0 Å². The van der Waals surface area contributed by atoms with Crippen LogP contribution in [0.3, 0.4) is 0 Å². The SMILES string of the molecule is CC1(F)CCCCC(C)(F)CCCC(C)(F)CCC1. The van der Waals surface area contributed by atoms with Crippen molar-refractivity contribution in [2.45, 2.75) is 102 Å². The smallest absolute Gasteiger partial charge is 0.108 e. The van der Waals surface area contributed by atoms with Gasteiger partial charge in [-0.25, -0.2) is 13.2 Å². The summed E-state index contributed by atoms with van der Waals surface area (Å²) in [5.74, 6) is 0. The van der Waals surface area contributed by atoms with E-state index in [0.717, 1.165) is 12.8 Å². The van der Waals surface area contributed by atoms with Crippen LogP contribution in [0.5, 0.6) is 0 Å². The Labute approximate surface area is 116 Å². The van der Waals surface area contributed by atoms with Crippen LogP contribution in [0.15, 0.2) is 0 Å². The molecule has 0 N–H and O–H groups in total. The van der Waals surface area contributed by atoms with Crippen molar-refractivity contribution in [2.75, 3.05) is 0 Å². The summed E-state index contributed by atoms with van der Waals surface area (Å²) >= 11 is 0. The largest absolute Gasteiger partial charge is 0.244 e. The molecule has 1 aliphatic carbocycles. The molecule has 114 valence electrons. The lowest BCUT2D eigenvalue weighted by Crippen LogP contribution is -2.22. The van der Waals surface area contributed by atoms with Crippen molar-refractivity contribution in [1.29, 1.82) is 0 Å². The van der Waals surface area contributed by atoms with Gasteiger partial charge in [0.1, 0.15) is 17.0 Å². The van der Waals surface area contributed by atoms with Gasteiger partial charge in [-0.3, -0.25) is 0 Å². The molecule has 0 amide bonds. The van der Waals surface area contributed by atoms with E-state index >= 15 is 0 Å². The molecule has 1 fully saturated rings. The third kappa shape index (κ3) is 7.22. The van der Waals surface area contributed by atoms with Crippen LogP contribution in [0.1, 0.15) is 85.0 Å². The Morgan fingerprint density at radius 2 is 0.684 bits per heavy atom. The monoisotopic (exact) mass is 278 g/mol. The van der Waals surface area contributed by atoms with Gasteiger partial charge in [0.25, 0.3) is 0 Å². The zero-order valence-electron chi connectivity index (χ0n) is 12.7. The van der Waals surface area contributed by atoms with Crippen molar-refractivity contribution < 1.29 is 13.2 Å². The van der Waals surface area contributed by atoms with Gasteiger partial charge in [-0.05, 0) is 72.1 Å². The van der Waals surface area contributed by atoms with Crippen LogP contribution >= 0.6 is 0 Å². The van der Waals surface area contributed by atoms with Crippen molar-refractivity contribution in [1.82, 2.24) is 0 Å². The van der Waals surface area contributed by atoms with Crippen molar-refractivity contribution >= 4 is 0 Å². The average Bonchev–Trinajstić information content (AvgIpc) is 2.23. The molecule has 0 aromatic carbocycles. The fraction of sp³-hybridized carbons (Fsp3) is 1.00. The molecule has 1 aliphatic rings. The maximum atomic E-state index is 14.2. The number of rotatable bonds is 0. The molecule has 0 spiro atoms. The highest BCUT2D eigenvalue weighted by molar-refractivity contribution is 4.82. The minimum Gasteiger partial charge on any atom is -0.244 e. The maximum Gasteiger partial charge on any atom is 0.108 e. The summed E-state index contributed by atoms with van der Waals surface area (Å²) < 4.78 is 42.6. The van der Waals surface area contributed by atoms with Crippen LogP contribution < -0.4 is 0 Å². The highest BCUT2D eigenvalue weighted by atomic mass is 19.2. The van der Waals surface area contributed by atoms with Gasteiger partial charge in [-0.2, -0.15) is 0 Å². The maximum absolute atomic E-state index is 14.2. The van der Waals surface area contributed by atoms with Gasteiger partial charge < -0.3 is 0 Å². The van der Waals surface area contributed by atoms with Crippen LogP contribution in [0.2, 0.25) is 0 Å². The molecule has 3 heteroatoms. The second-order valence-electron chi connectivity index (χ2n) is 7.15. The molecular weight excluding hydrogens is 249 g/mol. The third-order valence-corrected chi connectivity index (χ3v) is 4.44.